The predicted octanol–water partition coefficient (Wildman–Crippen LogP) is 8.38. The number of hydrogen-bond acceptors (Lipinski definition) is 7. The van der Waals surface area contributed by atoms with Crippen molar-refractivity contribution < 1.29 is 37.6 Å². The van der Waals surface area contributed by atoms with Crippen LogP contribution < -0.4 is 0 Å². The Morgan fingerprint density at radius 1 is 0.513 bits per heavy atom. The van der Waals surface area contributed by atoms with Gasteiger partial charge in [0.05, 0.1) is 26.4 Å². The molecule has 0 amide bonds. The molecule has 0 aromatic carbocycles. The maximum atomic E-state index is 12.0. The van der Waals surface area contributed by atoms with Gasteiger partial charge < -0.3 is 14.4 Å². The van der Waals surface area contributed by atoms with Crippen LogP contribution in [0.4, 0.5) is 0 Å². The second-order valence-electron chi connectivity index (χ2n) is 10.3. The van der Waals surface area contributed by atoms with Gasteiger partial charge in [-0.25, -0.2) is 14.2 Å². The molecule has 0 radical (unpaired) electrons. The van der Waals surface area contributed by atoms with E-state index in [1.807, 2.05) is 0 Å². The number of ether oxygens (including phenoxy) is 2. The summed E-state index contributed by atoms with van der Waals surface area (Å²) < 4.78 is 32.3. The lowest BCUT2D eigenvalue weighted by Crippen LogP contribution is -2.05. The number of phosphoric ester groups is 1. The predicted molar refractivity (Wildman–Crippen MR) is 156 cm³/mol. The lowest BCUT2D eigenvalue weighted by Gasteiger charge is -2.12. The zero-order chi connectivity index (χ0) is 29.2. The molecule has 0 saturated carbocycles. The van der Waals surface area contributed by atoms with E-state index < -0.39 is 7.82 Å². The fourth-order valence-corrected chi connectivity index (χ4v) is 4.65. The molecule has 0 unspecified atom stereocenters. The molecule has 9 heteroatoms. The zero-order valence-electron chi connectivity index (χ0n) is 24.7. The Morgan fingerprint density at radius 2 is 0.744 bits per heavy atom. The van der Waals surface area contributed by atoms with E-state index in [1.165, 1.54) is 25.7 Å². The highest BCUT2D eigenvalue weighted by Crippen LogP contribution is 2.43. The molecule has 0 heterocycles. The average Bonchev–Trinajstić information content (AvgIpc) is 2.88. The zero-order valence-corrected chi connectivity index (χ0v) is 25.6. The molecule has 0 spiro atoms. The molecule has 0 atom stereocenters. The summed E-state index contributed by atoms with van der Waals surface area (Å²) in [5.74, 6) is -0.626. The topological polar surface area (TPSA) is 108 Å². The first-order valence-electron chi connectivity index (χ1n) is 14.9. The van der Waals surface area contributed by atoms with Crippen molar-refractivity contribution in [1.29, 1.82) is 0 Å². The molecule has 228 valence electrons. The molecule has 0 aromatic heterocycles. The second kappa shape index (κ2) is 25.5. The van der Waals surface area contributed by atoms with Crippen LogP contribution in [0.3, 0.4) is 0 Å². The average molecular weight is 575 g/mol. The molecule has 0 bridgehead atoms. The monoisotopic (exact) mass is 574 g/mol. The summed E-state index contributed by atoms with van der Waals surface area (Å²) >= 11 is 0. The van der Waals surface area contributed by atoms with Crippen LogP contribution in [0, 0.1) is 0 Å². The summed E-state index contributed by atoms with van der Waals surface area (Å²) in [6, 6.07) is 0. The Kier molecular flexibility index (Phi) is 24.5. The van der Waals surface area contributed by atoms with Crippen molar-refractivity contribution in [3.8, 4) is 0 Å². The molecule has 0 aliphatic heterocycles. The van der Waals surface area contributed by atoms with E-state index in [1.54, 1.807) is 13.8 Å². The van der Waals surface area contributed by atoms with Gasteiger partial charge in [-0.1, -0.05) is 103 Å². The molecule has 0 saturated heterocycles. The van der Waals surface area contributed by atoms with Gasteiger partial charge >= 0.3 is 19.8 Å². The maximum absolute atomic E-state index is 12.0. The van der Waals surface area contributed by atoms with Crippen molar-refractivity contribution in [2.45, 2.75) is 129 Å². The lowest BCUT2D eigenvalue weighted by molar-refractivity contribution is -0.139. The third-order valence-corrected chi connectivity index (χ3v) is 7.27. The van der Waals surface area contributed by atoms with Crippen molar-refractivity contribution in [2.75, 3.05) is 26.4 Å². The largest absolute Gasteiger partial charge is 0.472 e. The third-order valence-electron chi connectivity index (χ3n) is 6.25. The molecular formula is C30H55O8P. The van der Waals surface area contributed by atoms with E-state index in [9.17, 15) is 19.0 Å². The minimum Gasteiger partial charge on any atom is -0.462 e. The van der Waals surface area contributed by atoms with Crippen LogP contribution in [0.15, 0.2) is 24.3 Å². The van der Waals surface area contributed by atoms with Crippen LogP contribution in [-0.2, 0) is 32.7 Å². The number of hydrogen-bond donors (Lipinski definition) is 1. The maximum Gasteiger partial charge on any atom is 0.472 e. The summed E-state index contributed by atoms with van der Waals surface area (Å²) in [6.45, 7) is 11.8. The Labute approximate surface area is 237 Å². The number of carbonyl (C=O) groups excluding carboxylic acids is 2. The molecule has 1 N–H and O–H groups in total. The van der Waals surface area contributed by atoms with Crippen molar-refractivity contribution in [1.82, 2.24) is 0 Å². The Morgan fingerprint density at radius 3 is 1.00 bits per heavy atom. The summed E-state index contributed by atoms with van der Waals surface area (Å²) in [7, 11) is -3.95. The van der Waals surface area contributed by atoms with E-state index in [2.05, 4.69) is 13.2 Å². The summed E-state index contributed by atoms with van der Waals surface area (Å²) in [4.78, 5) is 32.3. The number of carbonyl (C=O) groups is 2. The van der Waals surface area contributed by atoms with Crippen LogP contribution in [-0.4, -0.2) is 43.3 Å². The van der Waals surface area contributed by atoms with Gasteiger partial charge in [0.2, 0.25) is 0 Å². The van der Waals surface area contributed by atoms with Gasteiger partial charge in [0, 0.05) is 11.1 Å². The van der Waals surface area contributed by atoms with Gasteiger partial charge in [0.1, 0.15) is 0 Å². The quantitative estimate of drug-likeness (QED) is 0.0429. The van der Waals surface area contributed by atoms with E-state index in [4.69, 9.17) is 18.5 Å². The first-order chi connectivity index (χ1) is 18.7. The molecule has 0 rings (SSSR count). The van der Waals surface area contributed by atoms with Gasteiger partial charge in [-0.05, 0) is 39.5 Å². The minimum atomic E-state index is -3.95. The van der Waals surface area contributed by atoms with Gasteiger partial charge in [-0.2, -0.15) is 0 Å². The lowest BCUT2D eigenvalue weighted by atomic mass is 10.1. The Balaban J connectivity index is 3.38. The van der Waals surface area contributed by atoms with E-state index in [-0.39, 0.29) is 25.2 Å². The summed E-state index contributed by atoms with van der Waals surface area (Å²) in [6.07, 6.45) is 18.7. The van der Waals surface area contributed by atoms with Crippen molar-refractivity contribution in [3.05, 3.63) is 24.3 Å². The van der Waals surface area contributed by atoms with E-state index in [0.717, 1.165) is 89.9 Å². The van der Waals surface area contributed by atoms with Gasteiger partial charge in [-0.3, -0.25) is 9.05 Å². The number of rotatable bonds is 28. The van der Waals surface area contributed by atoms with Crippen molar-refractivity contribution in [3.63, 3.8) is 0 Å². The normalized spacial score (nSPS) is 11.4. The van der Waals surface area contributed by atoms with E-state index in [0.29, 0.717) is 24.4 Å². The molecule has 8 nitrogen and oxygen atoms in total. The smallest absolute Gasteiger partial charge is 0.462 e. The fraction of sp³-hybridized carbons (Fsp3) is 0.800. The van der Waals surface area contributed by atoms with Gasteiger partial charge in [0.25, 0.3) is 0 Å². The third kappa shape index (κ3) is 26.5. The number of esters is 2. The Hall–Kier alpha value is -1.47. The van der Waals surface area contributed by atoms with Crippen LogP contribution in [0.2, 0.25) is 0 Å². The van der Waals surface area contributed by atoms with E-state index >= 15 is 0 Å². The standard InChI is InChI=1S/C30H55O8P/c1-27(2)29(31)35-23-19-15-11-7-5-9-13-17-21-25-37-39(33,34)38-26-22-18-14-10-6-8-12-16-20-24-36-30(32)28(3)4/h1,3,5-26H2,2,4H3,(H,33,34). The van der Waals surface area contributed by atoms with Crippen molar-refractivity contribution in [2.24, 2.45) is 0 Å². The molecule has 0 aromatic rings. The SMILES string of the molecule is C=C(C)C(=O)OCCCCCCCCCCCOP(=O)(O)OCCCCCCCCCCCOC(=O)C(=C)C. The first-order valence-corrected chi connectivity index (χ1v) is 16.4. The van der Waals surface area contributed by atoms with Gasteiger partial charge in [-0.15, -0.1) is 0 Å². The molecule has 0 fully saturated rings. The summed E-state index contributed by atoms with van der Waals surface area (Å²) in [5, 5.41) is 0. The minimum absolute atomic E-state index is 0.243. The highest BCUT2D eigenvalue weighted by atomic mass is 31.2. The summed E-state index contributed by atoms with van der Waals surface area (Å²) in [5.41, 5.74) is 0.879. The first kappa shape index (κ1) is 37.5. The van der Waals surface area contributed by atoms with Crippen LogP contribution in [0.25, 0.3) is 0 Å². The molecular weight excluding hydrogens is 519 g/mol. The Bertz CT molecular complexity index is 666. The number of phosphoric acid groups is 1. The van der Waals surface area contributed by atoms with Gasteiger partial charge in [0.15, 0.2) is 0 Å². The molecule has 0 aliphatic carbocycles. The van der Waals surface area contributed by atoms with Crippen LogP contribution in [0.5, 0.6) is 0 Å². The molecule has 39 heavy (non-hydrogen) atoms. The highest BCUT2D eigenvalue weighted by Gasteiger charge is 2.19. The van der Waals surface area contributed by atoms with Crippen LogP contribution in [0.1, 0.15) is 129 Å². The van der Waals surface area contributed by atoms with Crippen LogP contribution >= 0.6 is 7.82 Å². The second-order valence-corrected chi connectivity index (χ2v) is 11.8. The molecule has 0 aliphatic rings. The highest BCUT2D eigenvalue weighted by molar-refractivity contribution is 7.47. The van der Waals surface area contributed by atoms with Crippen molar-refractivity contribution >= 4 is 19.8 Å². The fourth-order valence-electron chi connectivity index (χ4n) is 3.86. The number of unbranched alkanes of at least 4 members (excludes halogenated alkanes) is 16.